The minimum atomic E-state index is -1.24. The van der Waals surface area contributed by atoms with Gasteiger partial charge in [-0.05, 0) is 31.4 Å². The van der Waals surface area contributed by atoms with Crippen molar-refractivity contribution in [3.8, 4) is 5.75 Å². The van der Waals surface area contributed by atoms with Crippen LogP contribution in [-0.2, 0) is 19.8 Å². The fraction of sp³-hybridized carbons (Fsp3) is 0.667. The smallest absolute Gasteiger partial charge is 0.264 e. The quantitative estimate of drug-likeness (QED) is 0.668. The van der Waals surface area contributed by atoms with Gasteiger partial charge in [0.15, 0.2) is 0 Å². The summed E-state index contributed by atoms with van der Waals surface area (Å²) >= 11 is 0. The van der Waals surface area contributed by atoms with Gasteiger partial charge in [-0.3, -0.25) is 9.63 Å². The molecule has 8 heteroatoms. The number of anilines is 1. The molecular formula is C21H28N2O6. The molecular weight excluding hydrogens is 376 g/mol. The van der Waals surface area contributed by atoms with Crippen LogP contribution in [0.25, 0.3) is 0 Å². The van der Waals surface area contributed by atoms with E-state index in [4.69, 9.17) is 14.3 Å². The maximum Gasteiger partial charge on any atom is 0.264 e. The Morgan fingerprint density at radius 1 is 1.38 bits per heavy atom. The summed E-state index contributed by atoms with van der Waals surface area (Å²) in [6.45, 7) is 2.39. The molecule has 7 atom stereocenters. The van der Waals surface area contributed by atoms with Crippen LogP contribution in [0.15, 0.2) is 18.2 Å². The molecule has 3 saturated heterocycles. The molecule has 1 aromatic rings. The lowest BCUT2D eigenvalue weighted by Gasteiger charge is -2.51. The van der Waals surface area contributed by atoms with Gasteiger partial charge < -0.3 is 25.0 Å². The molecule has 8 nitrogen and oxygen atoms in total. The number of carbonyl (C=O) groups is 1. The number of β-amino-alcohol motifs (C(OH)–C–C–N with tert-alkyl or cyclic N) is 1. The molecule has 4 aliphatic heterocycles. The summed E-state index contributed by atoms with van der Waals surface area (Å²) in [5.41, 5.74) is -0.597. The highest BCUT2D eigenvalue weighted by Gasteiger charge is 2.66. The number of nitrogens with one attached hydrogen (secondary N) is 1. The fourth-order valence-electron chi connectivity index (χ4n) is 6.15. The highest BCUT2D eigenvalue weighted by atomic mass is 16.7. The summed E-state index contributed by atoms with van der Waals surface area (Å²) in [7, 11) is 3.07. The molecule has 29 heavy (non-hydrogen) atoms. The van der Waals surface area contributed by atoms with Gasteiger partial charge in [-0.15, -0.1) is 0 Å². The van der Waals surface area contributed by atoms with Crippen LogP contribution in [0.5, 0.6) is 5.75 Å². The molecule has 6 rings (SSSR count). The summed E-state index contributed by atoms with van der Waals surface area (Å²) in [6, 6.07) is 5.60. The maximum absolute atomic E-state index is 13.7. The zero-order valence-electron chi connectivity index (χ0n) is 16.9. The number of aliphatic hydroxyl groups excluding tert-OH is 1. The fourth-order valence-corrected chi connectivity index (χ4v) is 6.15. The molecule has 1 aromatic carbocycles. The van der Waals surface area contributed by atoms with E-state index in [-0.39, 0.29) is 23.8 Å². The lowest BCUT2D eigenvalue weighted by atomic mass is 9.67. The summed E-state index contributed by atoms with van der Waals surface area (Å²) in [4.78, 5) is 19.2. The highest BCUT2D eigenvalue weighted by molar-refractivity contribution is 6.07. The molecule has 4 heterocycles. The Morgan fingerprint density at radius 2 is 2.17 bits per heavy atom. The highest BCUT2D eigenvalue weighted by Crippen LogP contribution is 2.57. The third-order valence-corrected chi connectivity index (χ3v) is 7.75. The zero-order valence-corrected chi connectivity index (χ0v) is 16.9. The second-order valence-corrected chi connectivity index (χ2v) is 8.82. The van der Waals surface area contributed by atoms with E-state index in [1.165, 1.54) is 12.2 Å². The number of ether oxygens (including phenoxy) is 2. The van der Waals surface area contributed by atoms with Crippen LogP contribution in [0.4, 0.5) is 5.69 Å². The van der Waals surface area contributed by atoms with E-state index in [1.807, 2.05) is 18.2 Å². The van der Waals surface area contributed by atoms with E-state index in [1.54, 1.807) is 14.0 Å². The zero-order chi connectivity index (χ0) is 20.6. The van der Waals surface area contributed by atoms with Crippen molar-refractivity contribution in [1.29, 1.82) is 0 Å². The van der Waals surface area contributed by atoms with Gasteiger partial charge in [0, 0.05) is 30.5 Å². The number of methoxy groups -OCH3 is 1. The molecule has 5 aliphatic rings. The Labute approximate surface area is 169 Å². The largest absolute Gasteiger partial charge is 0.497 e. The first-order valence-electron chi connectivity index (χ1n) is 10.2. The second-order valence-electron chi connectivity index (χ2n) is 8.82. The van der Waals surface area contributed by atoms with E-state index in [2.05, 4.69) is 5.32 Å². The average Bonchev–Trinajstić information content (AvgIpc) is 2.82. The van der Waals surface area contributed by atoms with E-state index in [0.717, 1.165) is 5.56 Å². The van der Waals surface area contributed by atoms with Gasteiger partial charge in [-0.1, -0.05) is 6.07 Å². The third-order valence-electron chi connectivity index (χ3n) is 7.75. The minimum absolute atomic E-state index is 0.00207. The molecule has 3 N–H and O–H groups in total. The summed E-state index contributed by atoms with van der Waals surface area (Å²) in [6.07, 6.45) is -0.201. The standard InChI is InChI=1S/C21H28N2O6/c1-11(24)21(26)10-22-16-8-20(18-7-15(21)13(16)9-29-18)14-5-4-12(27-2)6-17(14)23(28-3)19(20)25/h4-6,11,13,15-16,18,22,24,26H,7-10H2,1-3H3. The number of fused-ring (bicyclic) bond motifs is 2. The van der Waals surface area contributed by atoms with Gasteiger partial charge >= 0.3 is 0 Å². The SMILES string of the molecule is COc1ccc2c(c1)N(OC)C(=O)C21CC2NCC(O)(C(C)O)C3CC1OCC23. The lowest BCUT2D eigenvalue weighted by Crippen LogP contribution is -2.66. The molecule has 0 radical (unpaired) electrons. The molecule has 1 spiro atoms. The van der Waals surface area contributed by atoms with E-state index in [0.29, 0.717) is 37.4 Å². The van der Waals surface area contributed by atoms with Crippen molar-refractivity contribution < 1.29 is 29.3 Å². The summed E-state index contributed by atoms with van der Waals surface area (Å²) < 4.78 is 11.6. The number of piperidine rings is 1. The van der Waals surface area contributed by atoms with Crippen LogP contribution in [0.1, 0.15) is 25.3 Å². The van der Waals surface area contributed by atoms with E-state index < -0.39 is 23.2 Å². The molecule has 158 valence electrons. The Balaban J connectivity index is 1.65. The Hall–Kier alpha value is -1.71. The molecule has 4 bridgehead atoms. The normalized spacial score (nSPS) is 41.4. The topological polar surface area (TPSA) is 100 Å². The molecule has 7 unspecified atom stereocenters. The van der Waals surface area contributed by atoms with Gasteiger partial charge in [0.1, 0.15) is 16.8 Å². The predicted molar refractivity (Wildman–Crippen MR) is 104 cm³/mol. The number of carbonyl (C=O) groups excluding carboxylic acids is 1. The van der Waals surface area contributed by atoms with Crippen LogP contribution in [0, 0.1) is 11.8 Å². The Morgan fingerprint density at radius 3 is 2.86 bits per heavy atom. The van der Waals surface area contributed by atoms with Gasteiger partial charge in [-0.25, -0.2) is 0 Å². The van der Waals surface area contributed by atoms with Crippen LogP contribution < -0.4 is 15.1 Å². The first-order chi connectivity index (χ1) is 13.9. The predicted octanol–water partition coefficient (Wildman–Crippen LogP) is 0.350. The number of hydroxylamine groups is 1. The number of rotatable bonds is 3. The van der Waals surface area contributed by atoms with Crippen molar-refractivity contribution in [2.45, 2.75) is 49.0 Å². The first-order valence-corrected chi connectivity index (χ1v) is 10.2. The number of hydrogen-bond donors (Lipinski definition) is 3. The van der Waals surface area contributed by atoms with Crippen molar-refractivity contribution in [3.63, 3.8) is 0 Å². The third kappa shape index (κ3) is 2.35. The number of nitrogens with zero attached hydrogens (tertiary/aromatic N) is 1. The van der Waals surface area contributed by atoms with Crippen molar-refractivity contribution in [2.24, 2.45) is 11.8 Å². The van der Waals surface area contributed by atoms with Crippen LogP contribution in [-0.4, -0.2) is 67.3 Å². The molecule has 0 aromatic heterocycles. The Kier molecular flexibility index (Phi) is 4.25. The minimum Gasteiger partial charge on any atom is -0.497 e. The van der Waals surface area contributed by atoms with Crippen molar-refractivity contribution >= 4 is 11.6 Å². The van der Waals surface area contributed by atoms with Gasteiger partial charge in [0.25, 0.3) is 5.91 Å². The van der Waals surface area contributed by atoms with Gasteiger partial charge in [0.05, 0.1) is 38.7 Å². The molecule has 1 amide bonds. The van der Waals surface area contributed by atoms with Gasteiger partial charge in [-0.2, -0.15) is 5.06 Å². The maximum atomic E-state index is 13.7. The van der Waals surface area contributed by atoms with E-state index in [9.17, 15) is 15.0 Å². The van der Waals surface area contributed by atoms with E-state index >= 15 is 0 Å². The van der Waals surface area contributed by atoms with Crippen LogP contribution >= 0.6 is 0 Å². The number of hydrogen-bond acceptors (Lipinski definition) is 7. The average molecular weight is 404 g/mol. The lowest BCUT2D eigenvalue weighted by molar-refractivity contribution is -0.182. The van der Waals surface area contributed by atoms with Gasteiger partial charge in [0.2, 0.25) is 0 Å². The van der Waals surface area contributed by atoms with Crippen molar-refractivity contribution in [2.75, 3.05) is 32.4 Å². The monoisotopic (exact) mass is 404 g/mol. The molecule has 1 saturated carbocycles. The number of benzene rings is 1. The first kappa shape index (κ1) is 19.3. The van der Waals surface area contributed by atoms with Crippen LogP contribution in [0.3, 0.4) is 0 Å². The molecule has 4 fully saturated rings. The van der Waals surface area contributed by atoms with Crippen molar-refractivity contribution in [3.05, 3.63) is 23.8 Å². The Bertz CT molecular complexity index is 846. The van der Waals surface area contributed by atoms with Crippen molar-refractivity contribution in [1.82, 2.24) is 5.32 Å². The second kappa shape index (κ2) is 6.39. The van der Waals surface area contributed by atoms with Crippen LogP contribution in [0.2, 0.25) is 0 Å². The summed E-state index contributed by atoms with van der Waals surface area (Å²) in [5.74, 6) is 0.390. The number of aliphatic hydroxyl groups is 2. The number of amides is 1. The molecule has 1 aliphatic carbocycles. The summed E-state index contributed by atoms with van der Waals surface area (Å²) in [5, 5.41) is 26.4.